The lowest BCUT2D eigenvalue weighted by molar-refractivity contribution is -0.137. The van der Waals surface area contributed by atoms with Crippen molar-refractivity contribution in [3.05, 3.63) is 174 Å². The van der Waals surface area contributed by atoms with E-state index < -0.39 is 24.0 Å². The van der Waals surface area contributed by atoms with E-state index in [1.54, 1.807) is 63.1 Å². The van der Waals surface area contributed by atoms with Crippen LogP contribution in [-0.2, 0) is 23.7 Å². The number of carboxylic acids is 1. The minimum atomic E-state index is -0.991. The number of hydrogen-bond acceptors (Lipinski definition) is 8. The number of benzene rings is 2. The average molecular weight is 787 g/mol. The van der Waals surface area contributed by atoms with Crippen molar-refractivity contribution in [1.82, 2.24) is 19.1 Å². The number of hydrogen-bond donors (Lipinski definition) is 2. The number of aliphatic imine (C=N–C) groups is 2. The molecule has 8 rings (SSSR count). The van der Waals surface area contributed by atoms with E-state index >= 15 is 0 Å². The summed E-state index contributed by atoms with van der Waals surface area (Å²) in [6.45, 7) is 0. The normalized spacial score (nSPS) is 15.2. The van der Waals surface area contributed by atoms with Gasteiger partial charge in [0.2, 0.25) is 5.91 Å². The quantitative estimate of drug-likeness (QED) is 0.198. The monoisotopic (exact) mass is 785 g/mol. The first-order valence-corrected chi connectivity index (χ1v) is 18.1. The van der Waals surface area contributed by atoms with Gasteiger partial charge in [-0.15, -0.1) is 0 Å². The molecule has 56 heavy (non-hydrogen) atoms. The molecule has 6 heterocycles. The molecular weight excluding hydrogens is 753 g/mol. The molecule has 2 aliphatic rings. The van der Waals surface area contributed by atoms with Crippen molar-refractivity contribution in [1.29, 1.82) is 0 Å². The molecule has 2 aliphatic heterocycles. The van der Waals surface area contributed by atoms with Gasteiger partial charge in [0, 0.05) is 94.4 Å². The Kier molecular flexibility index (Phi) is 10.6. The van der Waals surface area contributed by atoms with E-state index in [0.29, 0.717) is 44.0 Å². The molecule has 3 N–H and O–H groups in total. The fraction of sp³-hybridized carbons (Fsp3) is 0.143. The first-order valence-electron chi connectivity index (χ1n) is 17.4. The molecule has 1 amide bonds. The van der Waals surface area contributed by atoms with Crippen LogP contribution in [0.15, 0.2) is 129 Å². The Bertz CT molecular complexity index is 2520. The van der Waals surface area contributed by atoms with Gasteiger partial charge in [-0.05, 0) is 47.5 Å². The maximum atomic E-state index is 12.3. The Hall–Kier alpha value is -6.50. The standard InChI is InChI=1S/C21H17ClN4O2.C21H16ClN3O3/c1-26-11-16-14-3-2-8-24-21(14)20(12-4-6-13(22)7-5-12)25-17(10-18(23)27)15(16)9-19(26)28;1-25-11-16-14-3-2-8-23-21(14)20(12-4-6-13(22)7-5-12)24-17(10-19(27)28)15(16)9-18(25)26/h2-9,11,17H,10H2,1H3,(H2,23,27);2-9,11,17H,10H2,1H3,(H,27,28)/t2*17-/m00/s1. The third-order valence-corrected chi connectivity index (χ3v) is 9.95. The molecule has 6 aromatic rings. The fourth-order valence-corrected chi connectivity index (χ4v) is 7.04. The predicted octanol–water partition coefficient (Wildman–Crippen LogP) is 6.34. The molecule has 0 saturated heterocycles. The Morgan fingerprint density at radius 3 is 1.46 bits per heavy atom. The number of primary amides is 1. The van der Waals surface area contributed by atoms with Crippen LogP contribution in [0, 0.1) is 0 Å². The zero-order chi connectivity index (χ0) is 39.7. The van der Waals surface area contributed by atoms with Crippen molar-refractivity contribution < 1.29 is 14.7 Å². The molecule has 0 spiro atoms. The smallest absolute Gasteiger partial charge is 0.305 e. The van der Waals surface area contributed by atoms with Gasteiger partial charge in [-0.3, -0.25) is 39.1 Å². The Morgan fingerprint density at radius 1 is 0.661 bits per heavy atom. The first-order chi connectivity index (χ1) is 26.9. The Labute approximate surface area is 330 Å². The van der Waals surface area contributed by atoms with E-state index in [1.807, 2.05) is 48.5 Å². The van der Waals surface area contributed by atoms with Crippen molar-refractivity contribution >= 4 is 46.5 Å². The lowest BCUT2D eigenvalue weighted by atomic mass is 9.94. The van der Waals surface area contributed by atoms with E-state index in [4.69, 9.17) is 38.9 Å². The molecule has 14 heteroatoms. The van der Waals surface area contributed by atoms with Gasteiger partial charge < -0.3 is 20.0 Å². The van der Waals surface area contributed by atoms with Gasteiger partial charge in [0.25, 0.3) is 11.1 Å². The molecule has 2 atom stereocenters. The number of pyridine rings is 4. The van der Waals surface area contributed by atoms with Crippen LogP contribution in [0.25, 0.3) is 22.3 Å². The summed E-state index contributed by atoms with van der Waals surface area (Å²) in [5.41, 5.74) is 13.7. The summed E-state index contributed by atoms with van der Waals surface area (Å²) in [4.78, 5) is 66.5. The van der Waals surface area contributed by atoms with Crippen LogP contribution >= 0.6 is 23.2 Å². The minimum absolute atomic E-state index is 0.00868. The molecule has 0 bridgehead atoms. The van der Waals surface area contributed by atoms with Crippen LogP contribution in [0.3, 0.4) is 0 Å². The number of rotatable bonds is 6. The van der Waals surface area contributed by atoms with Gasteiger partial charge >= 0.3 is 5.97 Å². The SMILES string of the molecule is Cn1cc2c(cc1=O)[C@H](CC(=O)O)N=C(c1ccc(Cl)cc1)c1ncccc1-2.Cn1cc2c(cc1=O)[C@H](CC(N)=O)N=C(c1ccc(Cl)cc1)c1ncccc1-2. The molecule has 0 aliphatic carbocycles. The van der Waals surface area contributed by atoms with Crippen molar-refractivity contribution in [3.8, 4) is 22.3 Å². The molecule has 0 fully saturated rings. The third kappa shape index (κ3) is 7.70. The lowest BCUT2D eigenvalue weighted by Crippen LogP contribution is -2.20. The van der Waals surface area contributed by atoms with Crippen LogP contribution in [0.1, 0.15) is 58.6 Å². The number of aromatic nitrogens is 4. The number of amides is 1. The molecule has 0 saturated carbocycles. The Morgan fingerprint density at radius 2 is 1.07 bits per heavy atom. The summed E-state index contributed by atoms with van der Waals surface area (Å²) < 4.78 is 2.98. The highest BCUT2D eigenvalue weighted by molar-refractivity contribution is 6.31. The van der Waals surface area contributed by atoms with Gasteiger partial charge in [0.05, 0.1) is 47.7 Å². The van der Waals surface area contributed by atoms with Gasteiger partial charge in [-0.25, -0.2) is 0 Å². The third-order valence-electron chi connectivity index (χ3n) is 9.45. The number of halogens is 2. The van der Waals surface area contributed by atoms with Crippen LogP contribution in [-0.4, -0.2) is 47.5 Å². The summed E-state index contributed by atoms with van der Waals surface area (Å²) in [6, 6.07) is 23.6. The molecule has 0 radical (unpaired) electrons. The summed E-state index contributed by atoms with van der Waals surface area (Å²) in [5.74, 6) is -1.48. The molecular formula is C42H33Cl2N7O5. The van der Waals surface area contributed by atoms with Crippen molar-refractivity contribution in [2.24, 2.45) is 29.8 Å². The second kappa shape index (κ2) is 15.7. The van der Waals surface area contributed by atoms with Crippen LogP contribution in [0.2, 0.25) is 10.0 Å². The summed E-state index contributed by atoms with van der Waals surface area (Å²) >= 11 is 12.1. The molecule has 280 valence electrons. The van der Waals surface area contributed by atoms with E-state index in [1.165, 1.54) is 21.3 Å². The zero-order valence-corrected chi connectivity index (χ0v) is 31.6. The summed E-state index contributed by atoms with van der Waals surface area (Å²) in [5, 5.41) is 10.6. The van der Waals surface area contributed by atoms with E-state index in [0.717, 1.165) is 33.4 Å². The zero-order valence-electron chi connectivity index (χ0n) is 30.1. The number of aryl methyl sites for hydroxylation is 2. The van der Waals surface area contributed by atoms with Crippen molar-refractivity contribution in [3.63, 3.8) is 0 Å². The molecule has 0 unspecified atom stereocenters. The second-order valence-corrected chi connectivity index (χ2v) is 14.1. The molecule has 12 nitrogen and oxygen atoms in total. The number of carbonyl (C=O) groups is 2. The van der Waals surface area contributed by atoms with E-state index in [2.05, 4.69) is 9.97 Å². The molecule has 2 aromatic carbocycles. The maximum Gasteiger partial charge on any atom is 0.305 e. The topological polar surface area (TPSA) is 175 Å². The Balaban J connectivity index is 0.000000172. The number of fused-ring (bicyclic) bond motifs is 6. The minimum Gasteiger partial charge on any atom is -0.481 e. The number of aliphatic carboxylic acids is 1. The fourth-order valence-electron chi connectivity index (χ4n) is 6.79. The second-order valence-electron chi connectivity index (χ2n) is 13.3. The van der Waals surface area contributed by atoms with Crippen LogP contribution in [0.5, 0.6) is 0 Å². The summed E-state index contributed by atoms with van der Waals surface area (Å²) in [6.07, 6.45) is 6.60. The van der Waals surface area contributed by atoms with Gasteiger partial charge in [0.1, 0.15) is 0 Å². The van der Waals surface area contributed by atoms with Crippen LogP contribution < -0.4 is 16.9 Å². The van der Waals surface area contributed by atoms with E-state index in [-0.39, 0.29) is 24.0 Å². The highest BCUT2D eigenvalue weighted by Gasteiger charge is 2.29. The average Bonchev–Trinajstić information content (AvgIpc) is 3.37. The first kappa shape index (κ1) is 37.8. The highest BCUT2D eigenvalue weighted by atomic mass is 35.5. The summed E-state index contributed by atoms with van der Waals surface area (Å²) in [7, 11) is 3.35. The lowest BCUT2D eigenvalue weighted by Gasteiger charge is -2.15. The van der Waals surface area contributed by atoms with Crippen molar-refractivity contribution in [2.75, 3.05) is 0 Å². The van der Waals surface area contributed by atoms with Gasteiger partial charge in [0.15, 0.2) is 0 Å². The van der Waals surface area contributed by atoms with E-state index in [9.17, 15) is 24.3 Å². The number of carbonyl (C=O) groups excluding carboxylic acids is 1. The predicted molar refractivity (Wildman–Crippen MR) is 216 cm³/mol. The number of carboxylic acid groups (broad SMARTS) is 1. The molecule has 4 aromatic heterocycles. The van der Waals surface area contributed by atoms with Gasteiger partial charge in [-0.2, -0.15) is 0 Å². The largest absolute Gasteiger partial charge is 0.481 e. The van der Waals surface area contributed by atoms with Crippen molar-refractivity contribution in [2.45, 2.75) is 24.9 Å². The van der Waals surface area contributed by atoms with Gasteiger partial charge in [-0.1, -0.05) is 59.6 Å². The highest BCUT2D eigenvalue weighted by Crippen LogP contribution is 2.39. The number of nitrogens with zero attached hydrogens (tertiary/aromatic N) is 6. The van der Waals surface area contributed by atoms with Crippen LogP contribution in [0.4, 0.5) is 0 Å². The maximum absolute atomic E-state index is 12.3. The number of nitrogens with two attached hydrogens (primary N) is 1.